The van der Waals surface area contributed by atoms with Crippen molar-refractivity contribution in [2.24, 2.45) is 0 Å². The van der Waals surface area contributed by atoms with E-state index >= 15 is 0 Å². The highest BCUT2D eigenvalue weighted by Gasteiger charge is 2.22. The van der Waals surface area contributed by atoms with Crippen molar-refractivity contribution in [3.8, 4) is 5.82 Å². The highest BCUT2D eigenvalue weighted by Crippen LogP contribution is 2.26. The number of pyridine rings is 1. The first-order valence-electron chi connectivity index (χ1n) is 8.64. The van der Waals surface area contributed by atoms with E-state index in [-0.39, 0.29) is 5.56 Å². The summed E-state index contributed by atoms with van der Waals surface area (Å²) < 4.78 is 2.14. The number of nitrogens with one attached hydrogen (secondary N) is 1. The van der Waals surface area contributed by atoms with Gasteiger partial charge in [-0.15, -0.1) is 0 Å². The number of nitrogens with zero attached hydrogens (tertiary/aromatic N) is 4. The minimum absolute atomic E-state index is 0.0689. The van der Waals surface area contributed by atoms with Crippen LogP contribution in [0.3, 0.4) is 0 Å². The topological polar surface area (TPSA) is 66.8 Å². The molecule has 1 aliphatic rings. The fourth-order valence-electron chi connectivity index (χ4n) is 3.49. The van der Waals surface area contributed by atoms with Crippen LogP contribution in [0, 0.1) is 0 Å². The van der Waals surface area contributed by atoms with Crippen molar-refractivity contribution >= 4 is 0 Å². The van der Waals surface area contributed by atoms with Crippen LogP contribution in [0.4, 0.5) is 0 Å². The van der Waals surface area contributed by atoms with E-state index in [4.69, 9.17) is 0 Å². The second-order valence-electron chi connectivity index (χ2n) is 6.44. The van der Waals surface area contributed by atoms with Crippen molar-refractivity contribution < 1.29 is 0 Å². The first-order chi connectivity index (χ1) is 12.3. The van der Waals surface area contributed by atoms with E-state index in [1.165, 1.54) is 12.0 Å². The van der Waals surface area contributed by atoms with Crippen molar-refractivity contribution in [2.75, 3.05) is 13.1 Å². The van der Waals surface area contributed by atoms with E-state index in [0.717, 1.165) is 44.0 Å². The fourth-order valence-corrected chi connectivity index (χ4v) is 3.49. The molecule has 4 heterocycles. The Hall–Kier alpha value is -2.73. The van der Waals surface area contributed by atoms with Gasteiger partial charge in [0.25, 0.3) is 5.56 Å². The third kappa shape index (κ3) is 3.53. The Morgan fingerprint density at radius 1 is 1.12 bits per heavy atom. The van der Waals surface area contributed by atoms with Gasteiger partial charge in [0, 0.05) is 36.6 Å². The molecule has 0 amide bonds. The largest absolute Gasteiger partial charge is 0.313 e. The molecule has 1 fully saturated rings. The van der Waals surface area contributed by atoms with Crippen LogP contribution in [0.5, 0.6) is 0 Å². The summed E-state index contributed by atoms with van der Waals surface area (Å²) in [6.07, 6.45) is 7.44. The number of piperidine rings is 1. The summed E-state index contributed by atoms with van der Waals surface area (Å²) in [5, 5.41) is 0. The van der Waals surface area contributed by atoms with Crippen LogP contribution in [0.15, 0.2) is 59.9 Å². The van der Waals surface area contributed by atoms with Gasteiger partial charge in [-0.3, -0.25) is 9.69 Å². The van der Waals surface area contributed by atoms with E-state index in [2.05, 4.69) is 42.7 Å². The van der Waals surface area contributed by atoms with Crippen LogP contribution in [-0.4, -0.2) is 37.5 Å². The van der Waals surface area contributed by atoms with Crippen LogP contribution in [0.25, 0.3) is 5.82 Å². The quantitative estimate of drug-likeness (QED) is 0.795. The first-order valence-corrected chi connectivity index (χ1v) is 8.64. The van der Waals surface area contributed by atoms with Crippen LogP contribution in [-0.2, 0) is 6.54 Å². The zero-order valence-corrected chi connectivity index (χ0v) is 14.0. The molecule has 0 aromatic carbocycles. The monoisotopic (exact) mass is 335 g/mol. The van der Waals surface area contributed by atoms with Gasteiger partial charge in [0.15, 0.2) is 0 Å². The number of rotatable bonds is 4. The van der Waals surface area contributed by atoms with Crippen LogP contribution < -0.4 is 5.56 Å². The Labute approximate surface area is 146 Å². The number of H-pyrrole nitrogens is 1. The molecular formula is C19H21N5O. The third-order valence-electron chi connectivity index (χ3n) is 4.82. The molecule has 1 saturated heterocycles. The summed E-state index contributed by atoms with van der Waals surface area (Å²) >= 11 is 0. The van der Waals surface area contributed by atoms with Crippen molar-refractivity contribution in [1.82, 2.24) is 24.4 Å². The van der Waals surface area contributed by atoms with E-state index < -0.39 is 0 Å². The lowest BCUT2D eigenvalue weighted by molar-refractivity contribution is 0.200. The van der Waals surface area contributed by atoms with Crippen LogP contribution in [0.2, 0.25) is 0 Å². The summed E-state index contributed by atoms with van der Waals surface area (Å²) in [5.74, 6) is 1.33. The molecule has 0 unspecified atom stereocenters. The molecule has 0 bridgehead atoms. The Bertz CT molecular complexity index is 878. The molecule has 3 aromatic heterocycles. The normalized spacial score (nSPS) is 16.2. The Balaban J connectivity index is 1.41. The lowest BCUT2D eigenvalue weighted by Gasteiger charge is -2.31. The van der Waals surface area contributed by atoms with Gasteiger partial charge in [0.2, 0.25) is 0 Å². The maximum atomic E-state index is 11.5. The van der Waals surface area contributed by atoms with Gasteiger partial charge in [-0.05, 0) is 50.2 Å². The standard InChI is InChI=1S/C19H21N5O/c25-19-12-17(21-14-22-19)15-6-10-23(11-7-15)13-16-4-3-9-24(16)18-5-1-2-8-20-18/h1-5,8-9,12,14-15H,6-7,10-11,13H2,(H,21,22,25). The Morgan fingerprint density at radius 2 is 2.00 bits per heavy atom. The average molecular weight is 335 g/mol. The summed E-state index contributed by atoms with van der Waals surface area (Å²) in [5.41, 5.74) is 2.09. The maximum Gasteiger partial charge on any atom is 0.250 e. The third-order valence-corrected chi connectivity index (χ3v) is 4.82. The molecule has 0 radical (unpaired) electrons. The zero-order valence-electron chi connectivity index (χ0n) is 14.0. The molecule has 0 aliphatic carbocycles. The Morgan fingerprint density at radius 3 is 2.76 bits per heavy atom. The highest BCUT2D eigenvalue weighted by atomic mass is 16.1. The van der Waals surface area contributed by atoms with Gasteiger partial charge < -0.3 is 9.55 Å². The number of likely N-dealkylation sites (tertiary alicyclic amines) is 1. The summed E-state index contributed by atoms with van der Waals surface area (Å²) in [4.78, 5) is 25.3. The van der Waals surface area contributed by atoms with E-state index in [9.17, 15) is 4.79 Å². The predicted octanol–water partition coefficient (Wildman–Crippen LogP) is 2.34. The molecule has 1 N–H and O–H groups in total. The SMILES string of the molecule is O=c1cc(C2CCN(Cc3cccn3-c3ccccn3)CC2)nc[nH]1. The van der Waals surface area contributed by atoms with Gasteiger partial charge in [-0.1, -0.05) is 6.07 Å². The van der Waals surface area contributed by atoms with Crippen LogP contribution in [0.1, 0.15) is 30.1 Å². The van der Waals surface area contributed by atoms with Crippen molar-refractivity contribution in [3.63, 3.8) is 0 Å². The Kier molecular flexibility index (Phi) is 4.43. The van der Waals surface area contributed by atoms with Crippen molar-refractivity contribution in [2.45, 2.75) is 25.3 Å². The predicted molar refractivity (Wildman–Crippen MR) is 95.7 cm³/mol. The maximum absolute atomic E-state index is 11.5. The number of aromatic nitrogens is 4. The average Bonchev–Trinajstić information content (AvgIpc) is 3.11. The number of aromatic amines is 1. The first kappa shape index (κ1) is 15.8. The summed E-state index contributed by atoms with van der Waals surface area (Å²) in [6.45, 7) is 2.91. The fraction of sp³-hybridized carbons (Fsp3) is 0.316. The van der Waals surface area contributed by atoms with E-state index in [0.29, 0.717) is 5.92 Å². The molecule has 128 valence electrons. The molecule has 3 aromatic rings. The minimum atomic E-state index is -0.0689. The zero-order chi connectivity index (χ0) is 17.1. The molecule has 1 aliphatic heterocycles. The summed E-state index contributed by atoms with van der Waals surface area (Å²) in [6, 6.07) is 11.8. The molecule has 6 heteroatoms. The summed E-state index contributed by atoms with van der Waals surface area (Å²) in [7, 11) is 0. The number of hydrogen-bond donors (Lipinski definition) is 1. The lowest BCUT2D eigenvalue weighted by atomic mass is 9.93. The van der Waals surface area contributed by atoms with E-state index in [1.54, 1.807) is 6.07 Å². The second-order valence-corrected chi connectivity index (χ2v) is 6.44. The van der Waals surface area contributed by atoms with Crippen molar-refractivity contribution in [1.29, 1.82) is 0 Å². The smallest absolute Gasteiger partial charge is 0.250 e. The van der Waals surface area contributed by atoms with Gasteiger partial charge in [-0.2, -0.15) is 0 Å². The lowest BCUT2D eigenvalue weighted by Crippen LogP contribution is -2.33. The molecule has 6 nitrogen and oxygen atoms in total. The van der Waals surface area contributed by atoms with Gasteiger partial charge >= 0.3 is 0 Å². The molecule has 25 heavy (non-hydrogen) atoms. The molecular weight excluding hydrogens is 314 g/mol. The van der Waals surface area contributed by atoms with Crippen LogP contribution >= 0.6 is 0 Å². The molecule has 0 atom stereocenters. The highest BCUT2D eigenvalue weighted by molar-refractivity contribution is 5.27. The van der Waals surface area contributed by atoms with Gasteiger partial charge in [0.05, 0.1) is 12.0 Å². The molecule has 0 saturated carbocycles. The molecule has 4 rings (SSSR count). The minimum Gasteiger partial charge on any atom is -0.313 e. The van der Waals surface area contributed by atoms with Crippen molar-refractivity contribution in [3.05, 3.63) is 76.9 Å². The van der Waals surface area contributed by atoms with Gasteiger partial charge in [-0.25, -0.2) is 9.97 Å². The molecule has 0 spiro atoms. The van der Waals surface area contributed by atoms with E-state index in [1.807, 2.05) is 24.4 Å². The van der Waals surface area contributed by atoms with Gasteiger partial charge in [0.1, 0.15) is 5.82 Å². The second kappa shape index (κ2) is 7.03. The number of hydrogen-bond acceptors (Lipinski definition) is 4.